The number of aromatic nitrogens is 2. The summed E-state index contributed by atoms with van der Waals surface area (Å²) in [5.74, 6) is 0.798. The summed E-state index contributed by atoms with van der Waals surface area (Å²) in [5.41, 5.74) is 0.696. The molecule has 2 heterocycles. The predicted octanol–water partition coefficient (Wildman–Crippen LogP) is 5.57. The highest BCUT2D eigenvalue weighted by atomic mass is 35.5. The Morgan fingerprint density at radius 2 is 1.82 bits per heavy atom. The minimum absolute atomic E-state index is 0.0308. The molecular formula is C22H16Cl2N4O5. The third-order valence-corrected chi connectivity index (χ3v) is 5.29. The number of rotatable bonds is 8. The molecule has 168 valence electrons. The summed E-state index contributed by atoms with van der Waals surface area (Å²) in [6, 6.07) is 15.7. The van der Waals surface area contributed by atoms with E-state index in [1.165, 1.54) is 30.3 Å². The quantitative estimate of drug-likeness (QED) is 0.257. The Labute approximate surface area is 197 Å². The Balaban J connectivity index is 1.34. The molecule has 4 aromatic rings. The minimum atomic E-state index is -0.490. The van der Waals surface area contributed by atoms with Crippen molar-refractivity contribution in [2.75, 3.05) is 5.32 Å². The number of nitrogens with one attached hydrogen (secondary N) is 1. The van der Waals surface area contributed by atoms with Crippen molar-refractivity contribution in [2.24, 2.45) is 0 Å². The number of furan rings is 1. The molecule has 0 saturated carbocycles. The van der Waals surface area contributed by atoms with Gasteiger partial charge in [0.1, 0.15) is 18.1 Å². The van der Waals surface area contributed by atoms with E-state index in [1.807, 2.05) is 0 Å². The first kappa shape index (κ1) is 22.4. The van der Waals surface area contributed by atoms with E-state index in [1.54, 1.807) is 41.2 Å². The lowest BCUT2D eigenvalue weighted by Gasteiger charge is -2.07. The van der Waals surface area contributed by atoms with Crippen LogP contribution in [0, 0.1) is 10.1 Å². The average Bonchev–Trinajstić information content (AvgIpc) is 3.45. The van der Waals surface area contributed by atoms with Gasteiger partial charge in [-0.15, -0.1) is 0 Å². The van der Waals surface area contributed by atoms with Gasteiger partial charge in [-0.05, 0) is 36.4 Å². The third-order valence-electron chi connectivity index (χ3n) is 4.58. The van der Waals surface area contributed by atoms with Crippen molar-refractivity contribution >= 4 is 40.6 Å². The van der Waals surface area contributed by atoms with Crippen LogP contribution in [0.25, 0.3) is 0 Å². The maximum Gasteiger partial charge on any atom is 0.292 e. The van der Waals surface area contributed by atoms with E-state index in [4.69, 9.17) is 32.4 Å². The third kappa shape index (κ3) is 5.51. The second-order valence-electron chi connectivity index (χ2n) is 6.86. The van der Waals surface area contributed by atoms with E-state index < -0.39 is 10.8 Å². The van der Waals surface area contributed by atoms with Crippen molar-refractivity contribution in [1.82, 2.24) is 9.78 Å². The molecule has 0 aliphatic carbocycles. The highest BCUT2D eigenvalue weighted by Gasteiger charge is 2.14. The molecule has 1 N–H and O–H groups in total. The number of carbonyl (C=O) groups is 1. The number of non-ortho nitro benzene ring substituents is 1. The lowest BCUT2D eigenvalue weighted by molar-refractivity contribution is -0.384. The normalized spacial score (nSPS) is 10.7. The van der Waals surface area contributed by atoms with Crippen molar-refractivity contribution in [2.45, 2.75) is 13.2 Å². The fraction of sp³-hybridized carbons (Fsp3) is 0.0909. The van der Waals surface area contributed by atoms with E-state index in [9.17, 15) is 14.9 Å². The van der Waals surface area contributed by atoms with Gasteiger partial charge in [0.05, 0.1) is 11.5 Å². The first-order valence-electron chi connectivity index (χ1n) is 9.63. The second kappa shape index (κ2) is 9.76. The topological polar surface area (TPSA) is 112 Å². The number of nitrogens with zero attached hydrogens (tertiary/aromatic N) is 3. The fourth-order valence-corrected chi connectivity index (χ4v) is 3.45. The van der Waals surface area contributed by atoms with Crippen LogP contribution >= 0.6 is 23.2 Å². The van der Waals surface area contributed by atoms with Crippen molar-refractivity contribution in [3.63, 3.8) is 0 Å². The van der Waals surface area contributed by atoms with Crippen LogP contribution in [0.1, 0.15) is 21.9 Å². The molecule has 0 saturated heterocycles. The van der Waals surface area contributed by atoms with Crippen LogP contribution < -0.4 is 10.1 Å². The number of nitro benzene ring substituents is 1. The first-order chi connectivity index (χ1) is 15.9. The van der Waals surface area contributed by atoms with Gasteiger partial charge in [0.2, 0.25) is 0 Å². The van der Waals surface area contributed by atoms with Gasteiger partial charge in [-0.1, -0.05) is 29.3 Å². The molecule has 9 nitrogen and oxygen atoms in total. The Bertz CT molecular complexity index is 1280. The maximum absolute atomic E-state index is 12.5. The lowest BCUT2D eigenvalue weighted by atomic mass is 10.2. The van der Waals surface area contributed by atoms with Crippen LogP contribution in [0.4, 0.5) is 11.5 Å². The number of ether oxygens (including phenoxy) is 1. The molecule has 0 bridgehead atoms. The van der Waals surface area contributed by atoms with Crippen molar-refractivity contribution in [3.8, 4) is 5.75 Å². The van der Waals surface area contributed by atoms with Crippen LogP contribution in [-0.2, 0) is 13.2 Å². The summed E-state index contributed by atoms with van der Waals surface area (Å²) in [6.45, 7) is 0.400. The molecule has 0 unspecified atom stereocenters. The SMILES string of the molecule is O=C(Nc1ccn(Cc2c(Cl)cccc2Cl)n1)c1ccc(COc2ccc([N+](=O)[O-])cc2)o1. The molecule has 0 fully saturated rings. The second-order valence-corrected chi connectivity index (χ2v) is 7.67. The number of carbonyl (C=O) groups excluding carboxylic acids is 1. The summed E-state index contributed by atoms with van der Waals surface area (Å²) >= 11 is 12.4. The summed E-state index contributed by atoms with van der Waals surface area (Å²) < 4.78 is 12.7. The number of hydrogen-bond donors (Lipinski definition) is 1. The molecule has 0 atom stereocenters. The summed E-state index contributed by atoms with van der Waals surface area (Å²) in [4.78, 5) is 22.7. The van der Waals surface area contributed by atoms with Gasteiger partial charge in [-0.3, -0.25) is 19.6 Å². The lowest BCUT2D eigenvalue weighted by Crippen LogP contribution is -2.12. The standard InChI is InChI=1S/C22H16Cl2N4O5/c23-18-2-1-3-19(24)17(18)12-27-11-10-21(26-27)25-22(29)20-9-8-16(33-20)13-32-15-6-4-14(5-7-15)28(30)31/h1-11H,12-13H2,(H,25,26,29). The van der Waals surface area contributed by atoms with E-state index >= 15 is 0 Å². The number of halogens is 2. The molecule has 0 spiro atoms. The van der Waals surface area contributed by atoms with Crippen LogP contribution in [0.5, 0.6) is 5.75 Å². The zero-order chi connectivity index (χ0) is 23.4. The van der Waals surface area contributed by atoms with Crippen molar-refractivity contribution < 1.29 is 18.9 Å². The maximum atomic E-state index is 12.5. The van der Waals surface area contributed by atoms with E-state index in [0.717, 1.165) is 5.56 Å². The largest absolute Gasteiger partial charge is 0.486 e. The molecule has 33 heavy (non-hydrogen) atoms. The van der Waals surface area contributed by atoms with Crippen LogP contribution in [0.3, 0.4) is 0 Å². The van der Waals surface area contributed by atoms with Gasteiger partial charge >= 0.3 is 0 Å². The monoisotopic (exact) mass is 486 g/mol. The number of anilines is 1. The Hall–Kier alpha value is -3.82. The summed E-state index contributed by atoms with van der Waals surface area (Å²) in [5, 5.41) is 18.7. The minimum Gasteiger partial charge on any atom is -0.486 e. The van der Waals surface area contributed by atoms with Gasteiger partial charge in [-0.25, -0.2) is 0 Å². The van der Waals surface area contributed by atoms with Gasteiger partial charge in [0.25, 0.3) is 11.6 Å². The predicted molar refractivity (Wildman–Crippen MR) is 122 cm³/mol. The molecule has 4 rings (SSSR count). The van der Waals surface area contributed by atoms with Crippen LogP contribution in [-0.4, -0.2) is 20.6 Å². The summed E-state index contributed by atoms with van der Waals surface area (Å²) in [6.07, 6.45) is 1.70. The molecule has 2 aromatic carbocycles. The Morgan fingerprint density at radius 1 is 1.09 bits per heavy atom. The highest BCUT2D eigenvalue weighted by Crippen LogP contribution is 2.25. The van der Waals surface area contributed by atoms with Gasteiger partial charge < -0.3 is 14.5 Å². The average molecular weight is 487 g/mol. The number of benzene rings is 2. The Kier molecular flexibility index (Phi) is 6.62. The molecule has 1 amide bonds. The van der Waals surface area contributed by atoms with Gasteiger partial charge in [-0.2, -0.15) is 5.10 Å². The highest BCUT2D eigenvalue weighted by molar-refractivity contribution is 6.35. The molecule has 11 heteroatoms. The zero-order valence-corrected chi connectivity index (χ0v) is 18.4. The number of nitro groups is 1. The fourth-order valence-electron chi connectivity index (χ4n) is 2.94. The van der Waals surface area contributed by atoms with Gasteiger partial charge in [0, 0.05) is 40.0 Å². The van der Waals surface area contributed by atoms with E-state index in [0.29, 0.717) is 33.9 Å². The number of hydrogen-bond acceptors (Lipinski definition) is 6. The van der Waals surface area contributed by atoms with Crippen molar-refractivity contribution in [3.05, 3.63) is 104 Å². The molecule has 2 aromatic heterocycles. The first-order valence-corrected chi connectivity index (χ1v) is 10.4. The zero-order valence-electron chi connectivity index (χ0n) is 16.9. The molecule has 0 aliphatic heterocycles. The molecular weight excluding hydrogens is 471 g/mol. The van der Waals surface area contributed by atoms with Crippen LogP contribution in [0.2, 0.25) is 10.0 Å². The summed E-state index contributed by atoms with van der Waals surface area (Å²) in [7, 11) is 0. The smallest absolute Gasteiger partial charge is 0.292 e. The van der Waals surface area contributed by atoms with Crippen LogP contribution in [0.15, 0.2) is 71.3 Å². The van der Waals surface area contributed by atoms with E-state index in [-0.39, 0.29) is 18.1 Å². The van der Waals surface area contributed by atoms with Gasteiger partial charge in [0.15, 0.2) is 11.6 Å². The Morgan fingerprint density at radius 3 is 2.52 bits per heavy atom. The molecule has 0 radical (unpaired) electrons. The van der Waals surface area contributed by atoms with E-state index in [2.05, 4.69) is 10.4 Å². The molecule has 0 aliphatic rings. The number of amides is 1. The van der Waals surface area contributed by atoms with Crippen molar-refractivity contribution in [1.29, 1.82) is 0 Å².